The minimum absolute atomic E-state index is 0.0627. The number of pyridine rings is 1. The van der Waals surface area contributed by atoms with Gasteiger partial charge in [-0.3, -0.25) is 4.90 Å². The largest absolute Gasteiger partial charge is 0.460 e. The second-order valence-electron chi connectivity index (χ2n) is 8.56. The number of rotatable bonds is 10. The van der Waals surface area contributed by atoms with Crippen LogP contribution in [0.25, 0.3) is 21.8 Å². The Morgan fingerprint density at radius 2 is 1.78 bits per heavy atom. The van der Waals surface area contributed by atoms with Gasteiger partial charge in [-0.25, -0.2) is 14.2 Å². The fourth-order valence-electron chi connectivity index (χ4n) is 4.29. The summed E-state index contributed by atoms with van der Waals surface area (Å²) in [5, 5.41) is 1.52. The number of hydrogen-bond donors (Lipinski definition) is 0. The Hall–Kier alpha value is -3.50. The Balaban J connectivity index is 1.61. The zero-order valence-corrected chi connectivity index (χ0v) is 20.5. The van der Waals surface area contributed by atoms with Gasteiger partial charge in [0.25, 0.3) is 0 Å². The molecule has 10 heteroatoms. The molecule has 196 valence electrons. The Bertz CT molecular complexity index is 1400. The molecule has 2 heterocycles. The van der Waals surface area contributed by atoms with E-state index in [0.29, 0.717) is 24.1 Å². The van der Waals surface area contributed by atoms with E-state index in [9.17, 15) is 22.4 Å². The minimum atomic E-state index is -4.80. The van der Waals surface area contributed by atoms with Crippen LogP contribution in [0.2, 0.25) is 0 Å². The molecule has 37 heavy (non-hydrogen) atoms. The van der Waals surface area contributed by atoms with E-state index in [-0.39, 0.29) is 24.4 Å². The number of carbonyl (C=O) groups excluding carboxylic acids is 1. The van der Waals surface area contributed by atoms with E-state index in [0.717, 1.165) is 36.1 Å². The summed E-state index contributed by atoms with van der Waals surface area (Å²) in [6, 6.07) is 12.0. The summed E-state index contributed by atoms with van der Waals surface area (Å²) in [5.74, 6) is -1.88. The average molecular weight is 518 g/mol. The number of alkyl halides is 3. The summed E-state index contributed by atoms with van der Waals surface area (Å²) >= 11 is 0. The molecule has 6 nitrogen and oxygen atoms in total. The van der Waals surface area contributed by atoms with Crippen LogP contribution in [0.4, 0.5) is 17.6 Å². The fraction of sp³-hybridized carbons (Fsp3) is 0.333. The SMILES string of the molecule is CCN(CCOC)CCOC(=O)c1cc2c3ccccc3n(Cc3ccc(F)c(C(F)(F)F)c3)c2cn1. The van der Waals surface area contributed by atoms with E-state index in [1.54, 1.807) is 17.7 Å². The number of likely N-dealkylation sites (N-methyl/N-ethyl adjacent to an activating group) is 1. The Labute approximate surface area is 211 Å². The van der Waals surface area contributed by atoms with Gasteiger partial charge in [0.05, 0.1) is 23.9 Å². The lowest BCUT2D eigenvalue weighted by Gasteiger charge is -2.19. The van der Waals surface area contributed by atoms with Gasteiger partial charge >= 0.3 is 12.1 Å². The fourth-order valence-corrected chi connectivity index (χ4v) is 4.29. The van der Waals surface area contributed by atoms with E-state index in [1.165, 1.54) is 12.3 Å². The second-order valence-corrected chi connectivity index (χ2v) is 8.56. The number of para-hydroxylation sites is 1. The Morgan fingerprint density at radius 3 is 2.51 bits per heavy atom. The number of benzene rings is 2. The summed E-state index contributed by atoms with van der Waals surface area (Å²) in [7, 11) is 1.63. The molecule has 0 amide bonds. The summed E-state index contributed by atoms with van der Waals surface area (Å²) in [6.45, 7) is 4.94. The van der Waals surface area contributed by atoms with Crippen molar-refractivity contribution in [3.63, 3.8) is 0 Å². The van der Waals surface area contributed by atoms with Crippen molar-refractivity contribution >= 4 is 27.8 Å². The van der Waals surface area contributed by atoms with E-state index < -0.39 is 23.5 Å². The molecule has 0 N–H and O–H groups in total. The molecule has 0 fully saturated rings. The number of hydrogen-bond acceptors (Lipinski definition) is 5. The molecular weight excluding hydrogens is 490 g/mol. The van der Waals surface area contributed by atoms with Crippen molar-refractivity contribution in [2.45, 2.75) is 19.6 Å². The van der Waals surface area contributed by atoms with Crippen molar-refractivity contribution in [2.24, 2.45) is 0 Å². The Morgan fingerprint density at radius 1 is 1.03 bits per heavy atom. The molecule has 0 bridgehead atoms. The lowest BCUT2D eigenvalue weighted by atomic mass is 10.1. The molecule has 0 spiro atoms. The molecule has 0 saturated heterocycles. The number of nitrogens with zero attached hydrogens (tertiary/aromatic N) is 3. The van der Waals surface area contributed by atoms with Gasteiger partial charge in [0, 0.05) is 43.0 Å². The number of methoxy groups -OCH3 is 1. The van der Waals surface area contributed by atoms with Crippen molar-refractivity contribution in [1.29, 1.82) is 0 Å². The van der Waals surface area contributed by atoms with Crippen LogP contribution in [0.5, 0.6) is 0 Å². The maximum Gasteiger partial charge on any atom is 0.419 e. The summed E-state index contributed by atoms with van der Waals surface area (Å²) in [5.41, 5.74) is 0.495. The number of carbonyl (C=O) groups is 1. The number of fused-ring (bicyclic) bond motifs is 3. The highest BCUT2D eigenvalue weighted by atomic mass is 19.4. The third-order valence-electron chi connectivity index (χ3n) is 6.24. The van der Waals surface area contributed by atoms with Crippen molar-refractivity contribution < 1.29 is 31.8 Å². The van der Waals surface area contributed by atoms with Crippen LogP contribution in [0.1, 0.15) is 28.5 Å². The predicted molar refractivity (Wildman–Crippen MR) is 132 cm³/mol. The van der Waals surface area contributed by atoms with Gasteiger partial charge in [-0.05, 0) is 36.4 Å². The maximum atomic E-state index is 13.8. The molecule has 0 aliphatic carbocycles. The van der Waals surface area contributed by atoms with Gasteiger partial charge in [-0.15, -0.1) is 0 Å². The van der Waals surface area contributed by atoms with Gasteiger partial charge < -0.3 is 14.0 Å². The van der Waals surface area contributed by atoms with Gasteiger partial charge in [-0.1, -0.05) is 31.2 Å². The highest BCUT2D eigenvalue weighted by molar-refractivity contribution is 6.09. The zero-order valence-electron chi connectivity index (χ0n) is 20.5. The van der Waals surface area contributed by atoms with E-state index in [4.69, 9.17) is 9.47 Å². The maximum absolute atomic E-state index is 13.8. The van der Waals surface area contributed by atoms with Crippen LogP contribution >= 0.6 is 0 Å². The normalized spacial score (nSPS) is 12.1. The monoisotopic (exact) mass is 517 g/mol. The average Bonchev–Trinajstić information content (AvgIpc) is 3.19. The minimum Gasteiger partial charge on any atom is -0.460 e. The lowest BCUT2D eigenvalue weighted by molar-refractivity contribution is -0.140. The highest BCUT2D eigenvalue weighted by Gasteiger charge is 2.34. The molecule has 2 aromatic heterocycles. The number of esters is 1. The van der Waals surface area contributed by atoms with Crippen LogP contribution in [-0.4, -0.2) is 60.4 Å². The molecule has 4 aromatic rings. The number of halogens is 4. The molecule has 0 radical (unpaired) electrons. The summed E-state index contributed by atoms with van der Waals surface area (Å²) < 4.78 is 65.8. The predicted octanol–water partition coefficient (Wildman–Crippen LogP) is 5.52. The number of aromatic nitrogens is 2. The first kappa shape index (κ1) is 26.6. The lowest BCUT2D eigenvalue weighted by Crippen LogP contribution is -2.31. The zero-order chi connectivity index (χ0) is 26.6. The van der Waals surface area contributed by atoms with Crippen molar-refractivity contribution in [3.05, 3.63) is 77.4 Å². The molecule has 4 rings (SSSR count). The first-order valence-electron chi connectivity index (χ1n) is 11.8. The van der Waals surface area contributed by atoms with Crippen LogP contribution in [0.3, 0.4) is 0 Å². The van der Waals surface area contributed by atoms with Crippen LogP contribution < -0.4 is 0 Å². The van der Waals surface area contributed by atoms with Crippen molar-refractivity contribution in [2.75, 3.05) is 40.0 Å². The first-order valence-corrected chi connectivity index (χ1v) is 11.8. The van der Waals surface area contributed by atoms with Crippen molar-refractivity contribution in [3.8, 4) is 0 Å². The first-order chi connectivity index (χ1) is 17.7. The highest BCUT2D eigenvalue weighted by Crippen LogP contribution is 2.34. The van der Waals surface area contributed by atoms with Crippen LogP contribution in [-0.2, 0) is 22.2 Å². The topological polar surface area (TPSA) is 56.6 Å². The standard InChI is InChI=1S/C27H27F4N3O3/c1-3-33(10-12-36-2)11-13-37-26(35)23-15-20-19-6-4-5-7-24(19)34(25(20)16-32-23)17-18-8-9-22(28)21(14-18)27(29,30)31/h4-9,14-16H,3,10-13,17H2,1-2H3. The van der Waals surface area contributed by atoms with E-state index >= 15 is 0 Å². The molecule has 0 aliphatic heterocycles. The molecule has 0 atom stereocenters. The quantitative estimate of drug-likeness (QED) is 0.205. The number of ether oxygens (including phenoxy) is 2. The van der Waals surface area contributed by atoms with E-state index in [2.05, 4.69) is 9.88 Å². The third kappa shape index (κ3) is 5.91. The molecular formula is C27H27F4N3O3. The van der Waals surface area contributed by atoms with Gasteiger partial charge in [0.2, 0.25) is 0 Å². The van der Waals surface area contributed by atoms with Gasteiger partial charge in [-0.2, -0.15) is 13.2 Å². The smallest absolute Gasteiger partial charge is 0.419 e. The second kappa shape index (κ2) is 11.3. The summed E-state index contributed by atoms with van der Waals surface area (Å²) in [6.07, 6.45) is -3.28. The molecule has 0 saturated carbocycles. The van der Waals surface area contributed by atoms with Crippen molar-refractivity contribution in [1.82, 2.24) is 14.5 Å². The van der Waals surface area contributed by atoms with Gasteiger partial charge in [0.15, 0.2) is 0 Å². The van der Waals surface area contributed by atoms with Crippen LogP contribution in [0, 0.1) is 5.82 Å². The molecule has 0 unspecified atom stereocenters. The summed E-state index contributed by atoms with van der Waals surface area (Å²) in [4.78, 5) is 19.1. The molecule has 2 aromatic carbocycles. The van der Waals surface area contributed by atoms with E-state index in [1.807, 2.05) is 31.2 Å². The van der Waals surface area contributed by atoms with Gasteiger partial charge in [0.1, 0.15) is 18.1 Å². The Kier molecular flexibility index (Phi) is 8.09. The third-order valence-corrected chi connectivity index (χ3v) is 6.24. The van der Waals surface area contributed by atoms with Crippen LogP contribution in [0.15, 0.2) is 54.7 Å². The molecule has 0 aliphatic rings.